The van der Waals surface area contributed by atoms with Gasteiger partial charge in [0.1, 0.15) is 22.3 Å². The Morgan fingerprint density at radius 2 is 1.04 bits per heavy atom. The maximum absolute atomic E-state index is 6.56. The Morgan fingerprint density at radius 3 is 1.78 bits per heavy atom. The molecule has 9 rings (SSSR count). The molecule has 0 unspecified atom stereocenters. The molecule has 5 heteroatoms. The zero-order chi connectivity index (χ0) is 34.1. The maximum atomic E-state index is 6.56. The molecule has 2 heterocycles. The third-order valence-corrected chi connectivity index (χ3v) is 9.32. The van der Waals surface area contributed by atoms with Gasteiger partial charge in [-0.15, -0.1) is 0 Å². The third-order valence-electron chi connectivity index (χ3n) is 9.32. The largest absolute Gasteiger partial charge is 0.456 e. The van der Waals surface area contributed by atoms with Crippen LogP contribution >= 0.6 is 0 Å². The summed E-state index contributed by atoms with van der Waals surface area (Å²) >= 11 is 0. The van der Waals surface area contributed by atoms with Crippen LogP contribution < -0.4 is 0 Å². The minimum absolute atomic E-state index is 0.441. The molecule has 0 atom stereocenters. The van der Waals surface area contributed by atoms with E-state index in [0.717, 1.165) is 82.8 Å². The molecule has 0 N–H and O–H groups in total. The van der Waals surface area contributed by atoms with Crippen LogP contribution in [-0.4, -0.2) is 18.4 Å². The fourth-order valence-corrected chi connectivity index (χ4v) is 6.94. The van der Waals surface area contributed by atoms with Crippen molar-refractivity contribution in [3.8, 4) is 22.3 Å². The number of rotatable bonds is 6. The average Bonchev–Trinajstić information content (AvgIpc) is 3.78. The number of hydrogen-bond donors (Lipinski definition) is 0. The highest BCUT2D eigenvalue weighted by atomic mass is 16.3. The second-order valence-corrected chi connectivity index (χ2v) is 12.4. The zero-order valence-corrected chi connectivity index (χ0v) is 27.7. The summed E-state index contributed by atoms with van der Waals surface area (Å²) in [5.74, 6) is 1.03. The molecule has 0 saturated carbocycles. The summed E-state index contributed by atoms with van der Waals surface area (Å²) in [4.78, 5) is 14.7. The highest BCUT2D eigenvalue weighted by Gasteiger charge is 2.21. The predicted octanol–water partition coefficient (Wildman–Crippen LogP) is 11.9. The number of fused-ring (bicyclic) bond motifs is 6. The Kier molecular flexibility index (Phi) is 7.63. The lowest BCUT2D eigenvalue weighted by Gasteiger charge is -2.10. The molecule has 242 valence electrons. The van der Waals surface area contributed by atoms with Crippen LogP contribution in [0.15, 0.2) is 188 Å². The fourth-order valence-electron chi connectivity index (χ4n) is 6.94. The van der Waals surface area contributed by atoms with Gasteiger partial charge in [0.2, 0.25) is 0 Å². The van der Waals surface area contributed by atoms with Crippen molar-refractivity contribution in [3.63, 3.8) is 0 Å². The van der Waals surface area contributed by atoms with Crippen LogP contribution in [0.25, 0.3) is 66.1 Å². The number of amidine groups is 2. The molecular weight excluding hydrogens is 627 g/mol. The molecule has 0 bridgehead atoms. The SMILES string of the molecule is C=N/C(=N\C(=N/Cc1ccccc1)c1cccc2oc3cccc(-c4cccc5oc6ccccc6c45)c3c12)c1ccc(-c2ccccc2)cc1. The van der Waals surface area contributed by atoms with E-state index in [0.29, 0.717) is 18.2 Å². The molecule has 0 amide bonds. The Labute approximate surface area is 294 Å². The van der Waals surface area contributed by atoms with Crippen LogP contribution in [0.1, 0.15) is 16.7 Å². The molecule has 7 aromatic carbocycles. The fraction of sp³-hybridized carbons (Fsp3) is 0.0217. The zero-order valence-electron chi connectivity index (χ0n) is 27.7. The lowest BCUT2D eigenvalue weighted by molar-refractivity contribution is 0.668. The van der Waals surface area contributed by atoms with Gasteiger partial charge in [0.25, 0.3) is 0 Å². The molecule has 2 aromatic heterocycles. The van der Waals surface area contributed by atoms with Gasteiger partial charge < -0.3 is 8.83 Å². The lowest BCUT2D eigenvalue weighted by Crippen LogP contribution is -2.06. The van der Waals surface area contributed by atoms with Gasteiger partial charge in [-0.1, -0.05) is 140 Å². The Balaban J connectivity index is 1.25. The summed E-state index contributed by atoms with van der Waals surface area (Å²) in [6.45, 7) is 4.37. The molecule has 5 nitrogen and oxygen atoms in total. The van der Waals surface area contributed by atoms with Crippen LogP contribution in [0.4, 0.5) is 0 Å². The number of benzene rings is 7. The second kappa shape index (κ2) is 12.9. The smallest absolute Gasteiger partial charge is 0.161 e. The minimum Gasteiger partial charge on any atom is -0.456 e. The summed E-state index contributed by atoms with van der Waals surface area (Å²) in [6, 6.07) is 55.4. The van der Waals surface area contributed by atoms with Crippen LogP contribution in [0.5, 0.6) is 0 Å². The van der Waals surface area contributed by atoms with E-state index >= 15 is 0 Å². The third kappa shape index (κ3) is 5.51. The first-order chi connectivity index (χ1) is 25.2. The Morgan fingerprint density at radius 1 is 0.471 bits per heavy atom. The highest BCUT2D eigenvalue weighted by molar-refractivity contribution is 6.25. The molecule has 0 aliphatic heterocycles. The van der Waals surface area contributed by atoms with E-state index in [2.05, 4.69) is 72.4 Å². The highest BCUT2D eigenvalue weighted by Crippen LogP contribution is 2.43. The second-order valence-electron chi connectivity index (χ2n) is 12.4. The standard InChI is InChI=1S/C46H31N3O2/c1-47-45(33-27-25-32(26-28-33)31-15-6-3-7-16-31)49-46(48-29-30-13-4-2-5-14-30)37-20-12-24-41-44(37)43-35(19-11-23-40(43)51-41)34-18-10-22-39-42(34)36-17-8-9-21-38(36)50-39/h2-28H,1,29H2/b48-46-,49-45-. The first-order valence-corrected chi connectivity index (χ1v) is 16.9. The topological polar surface area (TPSA) is 63.4 Å². The van der Waals surface area contributed by atoms with E-state index < -0.39 is 0 Å². The average molecular weight is 658 g/mol. The van der Waals surface area contributed by atoms with Gasteiger partial charge in [-0.25, -0.2) is 9.98 Å². The predicted molar refractivity (Wildman–Crippen MR) is 211 cm³/mol. The number of hydrogen-bond acceptors (Lipinski definition) is 3. The molecule has 0 saturated heterocycles. The first kappa shape index (κ1) is 30.2. The van der Waals surface area contributed by atoms with Gasteiger partial charge in [-0.05, 0) is 58.8 Å². The lowest BCUT2D eigenvalue weighted by atomic mass is 9.94. The summed E-state index contributed by atoms with van der Waals surface area (Å²) in [7, 11) is 0. The van der Waals surface area contributed by atoms with Gasteiger partial charge in [0, 0.05) is 32.7 Å². The Bertz CT molecular complexity index is 2770. The van der Waals surface area contributed by atoms with Crippen molar-refractivity contribution in [2.45, 2.75) is 6.54 Å². The van der Waals surface area contributed by atoms with Gasteiger partial charge in [-0.2, -0.15) is 0 Å². The monoisotopic (exact) mass is 657 g/mol. The quantitative estimate of drug-likeness (QED) is 0.132. The van der Waals surface area contributed by atoms with Crippen molar-refractivity contribution in [1.82, 2.24) is 0 Å². The van der Waals surface area contributed by atoms with E-state index in [1.54, 1.807) is 0 Å². The summed E-state index contributed by atoms with van der Waals surface area (Å²) < 4.78 is 12.8. The normalized spacial score (nSPS) is 12.3. The van der Waals surface area contributed by atoms with E-state index in [-0.39, 0.29) is 0 Å². The van der Waals surface area contributed by atoms with E-state index in [1.165, 1.54) is 0 Å². The maximum Gasteiger partial charge on any atom is 0.161 e. The van der Waals surface area contributed by atoms with E-state index in [9.17, 15) is 0 Å². The van der Waals surface area contributed by atoms with Gasteiger partial charge >= 0.3 is 0 Å². The molecule has 0 aliphatic carbocycles. The molecule has 51 heavy (non-hydrogen) atoms. The van der Waals surface area contributed by atoms with Crippen molar-refractivity contribution in [2.24, 2.45) is 15.0 Å². The molecule has 0 spiro atoms. The summed E-state index contributed by atoms with van der Waals surface area (Å²) in [5.41, 5.74) is 10.4. The van der Waals surface area contributed by atoms with Crippen LogP contribution in [0.2, 0.25) is 0 Å². The van der Waals surface area contributed by atoms with Crippen LogP contribution in [-0.2, 0) is 6.54 Å². The van der Waals surface area contributed by atoms with E-state index in [1.807, 2.05) is 103 Å². The number of furan rings is 2. The Hall–Kier alpha value is -6.85. The summed E-state index contributed by atoms with van der Waals surface area (Å²) in [5, 5.41) is 4.07. The summed E-state index contributed by atoms with van der Waals surface area (Å²) in [6.07, 6.45) is 0. The minimum atomic E-state index is 0.441. The molecular formula is C46H31N3O2. The molecule has 0 aliphatic rings. The van der Waals surface area contributed by atoms with Crippen molar-refractivity contribution in [3.05, 3.63) is 180 Å². The van der Waals surface area contributed by atoms with E-state index in [4.69, 9.17) is 18.8 Å². The number of para-hydroxylation sites is 1. The molecule has 0 radical (unpaired) electrons. The number of aliphatic imine (C=N–C) groups is 3. The van der Waals surface area contributed by atoms with Crippen molar-refractivity contribution < 1.29 is 8.83 Å². The van der Waals surface area contributed by atoms with Gasteiger partial charge in [0.15, 0.2) is 11.7 Å². The van der Waals surface area contributed by atoms with Crippen molar-refractivity contribution >= 4 is 62.3 Å². The van der Waals surface area contributed by atoms with Gasteiger partial charge in [-0.3, -0.25) is 4.99 Å². The molecule has 9 aromatic rings. The van der Waals surface area contributed by atoms with Crippen molar-refractivity contribution in [2.75, 3.05) is 0 Å². The molecule has 0 fully saturated rings. The first-order valence-electron chi connectivity index (χ1n) is 16.9. The van der Waals surface area contributed by atoms with Crippen molar-refractivity contribution in [1.29, 1.82) is 0 Å². The number of nitrogens with zero attached hydrogens (tertiary/aromatic N) is 3. The van der Waals surface area contributed by atoms with Crippen LogP contribution in [0, 0.1) is 0 Å². The van der Waals surface area contributed by atoms with Gasteiger partial charge in [0.05, 0.1) is 6.54 Å². The van der Waals surface area contributed by atoms with Crippen LogP contribution in [0.3, 0.4) is 0 Å².